The van der Waals surface area contributed by atoms with E-state index in [4.69, 9.17) is 27.9 Å². The van der Waals surface area contributed by atoms with E-state index in [0.29, 0.717) is 16.7 Å². The number of benzene rings is 2. The quantitative estimate of drug-likeness (QED) is 0.808. The minimum absolute atomic E-state index is 0.404. The lowest BCUT2D eigenvalue weighted by Gasteiger charge is -2.14. The molecule has 0 heterocycles. The summed E-state index contributed by atoms with van der Waals surface area (Å²) in [5.41, 5.74) is 3.25. The van der Waals surface area contributed by atoms with Gasteiger partial charge in [-0.05, 0) is 25.6 Å². The van der Waals surface area contributed by atoms with Crippen LogP contribution in [0, 0.1) is 6.92 Å². The summed E-state index contributed by atoms with van der Waals surface area (Å²) in [7, 11) is 0. The van der Waals surface area contributed by atoms with E-state index in [1.807, 2.05) is 24.3 Å². The molecule has 112 valence electrons. The first kappa shape index (κ1) is 16.2. The summed E-state index contributed by atoms with van der Waals surface area (Å²) in [4.78, 5) is 0. The Hall–Kier alpha value is -1.22. The van der Waals surface area contributed by atoms with Crippen molar-refractivity contribution in [2.24, 2.45) is 0 Å². The molecule has 0 aromatic heterocycles. The normalized spacial score (nSPS) is 10.7. The highest BCUT2D eigenvalue weighted by Gasteiger charge is 2.08. The van der Waals surface area contributed by atoms with Crippen LogP contribution in [0.5, 0.6) is 5.75 Å². The molecule has 21 heavy (non-hydrogen) atoms. The number of ether oxygens (including phenoxy) is 1. The molecule has 0 bridgehead atoms. The molecule has 0 unspecified atom stereocenters. The molecular formula is C17H19Cl2NO. The first-order valence-electron chi connectivity index (χ1n) is 6.97. The zero-order chi connectivity index (χ0) is 15.2. The van der Waals surface area contributed by atoms with Gasteiger partial charge in [0.1, 0.15) is 12.4 Å². The average molecular weight is 324 g/mol. The van der Waals surface area contributed by atoms with Gasteiger partial charge in [-0.15, -0.1) is 0 Å². The van der Waals surface area contributed by atoms with Gasteiger partial charge >= 0.3 is 0 Å². The summed E-state index contributed by atoms with van der Waals surface area (Å²) in [6.45, 7) is 6.28. The summed E-state index contributed by atoms with van der Waals surface area (Å²) in [5.74, 6) is 0.873. The highest BCUT2D eigenvalue weighted by atomic mass is 35.5. The van der Waals surface area contributed by atoms with Crippen LogP contribution in [0.1, 0.15) is 23.6 Å². The average Bonchev–Trinajstić information content (AvgIpc) is 2.48. The van der Waals surface area contributed by atoms with Gasteiger partial charge in [0.15, 0.2) is 0 Å². The van der Waals surface area contributed by atoms with Crippen molar-refractivity contribution in [1.29, 1.82) is 0 Å². The summed E-state index contributed by atoms with van der Waals surface area (Å²) < 4.78 is 5.93. The molecule has 0 radical (unpaired) electrons. The second-order valence-electron chi connectivity index (χ2n) is 4.89. The topological polar surface area (TPSA) is 21.3 Å². The van der Waals surface area contributed by atoms with Crippen LogP contribution in [0.3, 0.4) is 0 Å². The minimum Gasteiger partial charge on any atom is -0.489 e. The molecule has 2 aromatic rings. The van der Waals surface area contributed by atoms with E-state index >= 15 is 0 Å². The fraction of sp³-hybridized carbons (Fsp3) is 0.294. The van der Waals surface area contributed by atoms with Crippen molar-refractivity contribution in [3.05, 3.63) is 63.1 Å². The predicted octanol–water partition coefficient (Wildman–Crippen LogP) is 4.99. The smallest absolute Gasteiger partial charge is 0.124 e. The first-order valence-corrected chi connectivity index (χ1v) is 7.73. The standard InChI is InChI=1S/C17H19Cl2NO/c1-3-20-10-14-9-12(2)7-8-16(14)21-11-13-5-4-6-15(18)17(13)19/h4-9,20H,3,10-11H2,1-2H3. The fourth-order valence-electron chi connectivity index (χ4n) is 2.06. The van der Waals surface area contributed by atoms with Crippen LogP contribution in [-0.2, 0) is 13.2 Å². The third kappa shape index (κ3) is 4.37. The summed E-state index contributed by atoms with van der Waals surface area (Å²) in [6.07, 6.45) is 0. The second-order valence-corrected chi connectivity index (χ2v) is 5.68. The molecule has 0 atom stereocenters. The number of nitrogens with one attached hydrogen (secondary N) is 1. The van der Waals surface area contributed by atoms with Crippen LogP contribution >= 0.6 is 23.2 Å². The van der Waals surface area contributed by atoms with Crippen molar-refractivity contribution in [2.75, 3.05) is 6.54 Å². The van der Waals surface area contributed by atoms with Crippen LogP contribution in [0.25, 0.3) is 0 Å². The van der Waals surface area contributed by atoms with Gasteiger partial charge in [0.05, 0.1) is 10.0 Å². The molecule has 0 aliphatic heterocycles. The highest BCUT2D eigenvalue weighted by molar-refractivity contribution is 6.42. The molecule has 0 aliphatic carbocycles. The molecule has 1 N–H and O–H groups in total. The summed E-state index contributed by atoms with van der Waals surface area (Å²) >= 11 is 12.2. The van der Waals surface area contributed by atoms with E-state index in [-0.39, 0.29) is 0 Å². The number of aryl methyl sites for hydroxylation is 1. The van der Waals surface area contributed by atoms with Crippen molar-refractivity contribution in [3.63, 3.8) is 0 Å². The molecule has 2 aromatic carbocycles. The van der Waals surface area contributed by atoms with E-state index in [0.717, 1.165) is 30.0 Å². The lowest BCUT2D eigenvalue weighted by atomic mass is 10.1. The summed E-state index contributed by atoms with van der Waals surface area (Å²) in [5, 5.41) is 4.43. The maximum atomic E-state index is 6.18. The summed E-state index contributed by atoms with van der Waals surface area (Å²) in [6, 6.07) is 11.8. The largest absolute Gasteiger partial charge is 0.489 e. The van der Waals surface area contributed by atoms with Gasteiger partial charge in [-0.25, -0.2) is 0 Å². The third-order valence-electron chi connectivity index (χ3n) is 3.20. The Balaban J connectivity index is 2.14. The molecule has 2 nitrogen and oxygen atoms in total. The Kier molecular flexibility index (Phi) is 5.92. The number of hydrogen-bond acceptors (Lipinski definition) is 2. The van der Waals surface area contributed by atoms with Crippen LogP contribution in [0.4, 0.5) is 0 Å². The molecule has 0 aliphatic rings. The third-order valence-corrected chi connectivity index (χ3v) is 4.05. The minimum atomic E-state index is 0.404. The zero-order valence-electron chi connectivity index (χ0n) is 12.2. The first-order chi connectivity index (χ1) is 10.1. The van der Waals surface area contributed by atoms with Crippen molar-refractivity contribution in [2.45, 2.75) is 27.0 Å². The molecule has 0 saturated heterocycles. The molecular weight excluding hydrogens is 305 g/mol. The SMILES string of the molecule is CCNCc1cc(C)ccc1OCc1cccc(Cl)c1Cl. The Morgan fingerprint density at radius 1 is 1.10 bits per heavy atom. The van der Waals surface area contributed by atoms with E-state index in [1.165, 1.54) is 5.56 Å². The molecule has 0 spiro atoms. The fourth-order valence-corrected chi connectivity index (χ4v) is 2.44. The van der Waals surface area contributed by atoms with Gasteiger partial charge in [0.25, 0.3) is 0 Å². The molecule has 0 amide bonds. The van der Waals surface area contributed by atoms with Gasteiger partial charge in [0, 0.05) is 17.7 Å². The second kappa shape index (κ2) is 7.69. The molecule has 2 rings (SSSR count). The number of halogens is 2. The maximum absolute atomic E-state index is 6.18. The van der Waals surface area contributed by atoms with Gasteiger partial charge in [0.2, 0.25) is 0 Å². The maximum Gasteiger partial charge on any atom is 0.124 e. The van der Waals surface area contributed by atoms with Gasteiger partial charge in [-0.1, -0.05) is 60.0 Å². The Labute approximate surface area is 136 Å². The van der Waals surface area contributed by atoms with Crippen molar-refractivity contribution >= 4 is 23.2 Å². The van der Waals surface area contributed by atoms with Crippen LogP contribution in [0.2, 0.25) is 10.0 Å². The van der Waals surface area contributed by atoms with Crippen molar-refractivity contribution in [1.82, 2.24) is 5.32 Å². The lowest BCUT2D eigenvalue weighted by Crippen LogP contribution is -2.13. The van der Waals surface area contributed by atoms with Crippen LogP contribution in [0.15, 0.2) is 36.4 Å². The Morgan fingerprint density at radius 2 is 1.90 bits per heavy atom. The van der Waals surface area contributed by atoms with E-state index in [1.54, 1.807) is 6.07 Å². The van der Waals surface area contributed by atoms with Crippen LogP contribution < -0.4 is 10.1 Å². The predicted molar refractivity (Wildman–Crippen MR) is 89.4 cm³/mol. The Bertz CT molecular complexity index is 614. The van der Waals surface area contributed by atoms with Gasteiger partial charge in [-0.2, -0.15) is 0 Å². The molecule has 4 heteroatoms. The molecule has 0 saturated carbocycles. The molecule has 0 fully saturated rings. The van der Waals surface area contributed by atoms with Crippen molar-refractivity contribution in [3.8, 4) is 5.75 Å². The van der Waals surface area contributed by atoms with Crippen molar-refractivity contribution < 1.29 is 4.74 Å². The van der Waals surface area contributed by atoms with E-state index < -0.39 is 0 Å². The van der Waals surface area contributed by atoms with Gasteiger partial charge in [-0.3, -0.25) is 0 Å². The monoisotopic (exact) mass is 323 g/mol. The number of hydrogen-bond donors (Lipinski definition) is 1. The van der Waals surface area contributed by atoms with Gasteiger partial charge < -0.3 is 10.1 Å². The van der Waals surface area contributed by atoms with Crippen LogP contribution in [-0.4, -0.2) is 6.54 Å². The number of rotatable bonds is 6. The van der Waals surface area contributed by atoms with E-state index in [2.05, 4.69) is 25.2 Å². The van der Waals surface area contributed by atoms with E-state index in [9.17, 15) is 0 Å². The lowest BCUT2D eigenvalue weighted by molar-refractivity contribution is 0.302. The zero-order valence-corrected chi connectivity index (χ0v) is 13.8. The Morgan fingerprint density at radius 3 is 2.67 bits per heavy atom. The highest BCUT2D eigenvalue weighted by Crippen LogP contribution is 2.27.